The van der Waals surface area contributed by atoms with E-state index in [0.29, 0.717) is 0 Å². The van der Waals surface area contributed by atoms with Gasteiger partial charge in [0.1, 0.15) is 5.75 Å². The van der Waals surface area contributed by atoms with Gasteiger partial charge in [-0.25, -0.2) is 4.68 Å². The summed E-state index contributed by atoms with van der Waals surface area (Å²) in [4.78, 5) is 6.65. The Bertz CT molecular complexity index is 1150. The van der Waals surface area contributed by atoms with Crippen LogP contribution in [-0.4, -0.2) is 24.5 Å². The van der Waals surface area contributed by atoms with Crippen LogP contribution in [0.3, 0.4) is 0 Å². The van der Waals surface area contributed by atoms with Crippen LogP contribution in [0.2, 0.25) is 0 Å². The van der Waals surface area contributed by atoms with E-state index in [4.69, 9.17) is 9.84 Å². The third-order valence-electron chi connectivity index (χ3n) is 4.21. The average molecular weight is 394 g/mol. The lowest BCUT2D eigenvalue weighted by atomic mass is 10.0. The standard InChI is InChI=1S/C21H19N3OS2/c1-3-22-21-24(18(14-27-21)20-9-6-12-26-20)23-13-17-16-8-5-4-7-15(16)10-11-19(17)25-2/h4-14H,3H2,1-2H3. The molecule has 2 aromatic carbocycles. The fourth-order valence-electron chi connectivity index (χ4n) is 2.95. The van der Waals surface area contributed by atoms with Gasteiger partial charge in [0.25, 0.3) is 0 Å². The first kappa shape index (κ1) is 17.7. The van der Waals surface area contributed by atoms with Gasteiger partial charge < -0.3 is 4.74 Å². The van der Waals surface area contributed by atoms with Gasteiger partial charge in [0.2, 0.25) is 4.80 Å². The topological polar surface area (TPSA) is 38.9 Å². The molecule has 0 unspecified atom stereocenters. The number of fused-ring (bicyclic) bond motifs is 1. The number of hydrogen-bond donors (Lipinski definition) is 0. The molecular formula is C21H19N3OS2. The maximum Gasteiger partial charge on any atom is 0.206 e. The Morgan fingerprint density at radius 1 is 1.07 bits per heavy atom. The van der Waals surface area contributed by atoms with Gasteiger partial charge in [-0.05, 0) is 35.2 Å². The van der Waals surface area contributed by atoms with E-state index in [2.05, 4.69) is 46.1 Å². The van der Waals surface area contributed by atoms with Crippen molar-refractivity contribution in [2.24, 2.45) is 10.1 Å². The molecule has 136 valence electrons. The molecule has 0 atom stereocenters. The molecule has 0 aliphatic rings. The molecule has 27 heavy (non-hydrogen) atoms. The number of nitrogens with zero attached hydrogens (tertiary/aromatic N) is 3. The maximum absolute atomic E-state index is 5.58. The van der Waals surface area contributed by atoms with E-state index >= 15 is 0 Å². The summed E-state index contributed by atoms with van der Waals surface area (Å²) in [6, 6.07) is 16.5. The highest BCUT2D eigenvalue weighted by Crippen LogP contribution is 2.28. The minimum atomic E-state index is 0.720. The smallest absolute Gasteiger partial charge is 0.206 e. The third-order valence-corrected chi connectivity index (χ3v) is 5.95. The van der Waals surface area contributed by atoms with Crippen LogP contribution in [-0.2, 0) is 0 Å². The molecule has 4 rings (SSSR count). The van der Waals surface area contributed by atoms with Crippen molar-refractivity contribution < 1.29 is 4.74 Å². The second kappa shape index (κ2) is 7.90. The van der Waals surface area contributed by atoms with E-state index in [0.717, 1.165) is 39.1 Å². The lowest BCUT2D eigenvalue weighted by Gasteiger charge is -2.08. The van der Waals surface area contributed by atoms with Gasteiger partial charge in [0, 0.05) is 17.5 Å². The van der Waals surface area contributed by atoms with Crippen molar-refractivity contribution in [3.8, 4) is 16.3 Å². The van der Waals surface area contributed by atoms with Gasteiger partial charge in [-0.15, -0.1) is 22.7 Å². The molecule has 0 amide bonds. The molecule has 0 saturated heterocycles. The van der Waals surface area contributed by atoms with E-state index < -0.39 is 0 Å². The first-order valence-corrected chi connectivity index (χ1v) is 10.4. The van der Waals surface area contributed by atoms with Gasteiger partial charge in [0.05, 0.1) is 23.9 Å². The highest BCUT2D eigenvalue weighted by Gasteiger charge is 2.10. The van der Waals surface area contributed by atoms with Crippen LogP contribution >= 0.6 is 22.7 Å². The normalized spacial score (nSPS) is 12.3. The van der Waals surface area contributed by atoms with E-state index in [1.807, 2.05) is 36.0 Å². The highest BCUT2D eigenvalue weighted by molar-refractivity contribution is 7.14. The quantitative estimate of drug-likeness (QED) is 0.427. The maximum atomic E-state index is 5.58. The molecule has 0 radical (unpaired) electrons. The van der Waals surface area contributed by atoms with Crippen molar-refractivity contribution in [1.82, 2.24) is 4.68 Å². The number of hydrogen-bond acceptors (Lipinski definition) is 5. The van der Waals surface area contributed by atoms with Gasteiger partial charge >= 0.3 is 0 Å². The molecule has 6 heteroatoms. The Morgan fingerprint density at radius 2 is 1.96 bits per heavy atom. The van der Waals surface area contributed by atoms with Gasteiger partial charge in [0.15, 0.2) is 0 Å². The molecule has 4 aromatic rings. The minimum absolute atomic E-state index is 0.720. The van der Waals surface area contributed by atoms with E-state index in [1.54, 1.807) is 29.8 Å². The number of methoxy groups -OCH3 is 1. The molecule has 0 aliphatic carbocycles. The second-order valence-electron chi connectivity index (χ2n) is 5.81. The number of thiophene rings is 1. The molecule has 2 aromatic heterocycles. The van der Waals surface area contributed by atoms with E-state index in [9.17, 15) is 0 Å². The molecule has 0 saturated carbocycles. The molecule has 4 nitrogen and oxygen atoms in total. The average Bonchev–Trinajstić information content (AvgIpc) is 3.36. The molecule has 0 fully saturated rings. The Balaban J connectivity index is 1.88. The van der Waals surface area contributed by atoms with Crippen LogP contribution in [0.25, 0.3) is 21.3 Å². The Hall–Kier alpha value is -2.70. The first-order valence-electron chi connectivity index (χ1n) is 8.67. The summed E-state index contributed by atoms with van der Waals surface area (Å²) in [6.45, 7) is 2.75. The number of ether oxygens (including phenoxy) is 1. The summed E-state index contributed by atoms with van der Waals surface area (Å²) in [7, 11) is 1.69. The summed E-state index contributed by atoms with van der Waals surface area (Å²) in [5.41, 5.74) is 2.02. The first-order chi connectivity index (χ1) is 13.3. The molecule has 0 N–H and O–H groups in total. The van der Waals surface area contributed by atoms with Crippen molar-refractivity contribution >= 4 is 39.7 Å². The van der Waals surface area contributed by atoms with E-state index in [1.165, 1.54) is 4.88 Å². The predicted molar refractivity (Wildman–Crippen MR) is 115 cm³/mol. The molecule has 0 spiro atoms. The zero-order chi connectivity index (χ0) is 18.6. The van der Waals surface area contributed by atoms with Crippen LogP contribution in [0, 0.1) is 0 Å². The predicted octanol–water partition coefficient (Wildman–Crippen LogP) is 5.24. The van der Waals surface area contributed by atoms with Crippen molar-refractivity contribution in [2.75, 3.05) is 13.7 Å². The monoisotopic (exact) mass is 393 g/mol. The van der Waals surface area contributed by atoms with Crippen LogP contribution in [0.5, 0.6) is 5.75 Å². The summed E-state index contributed by atoms with van der Waals surface area (Å²) in [6.07, 6.45) is 1.87. The van der Waals surface area contributed by atoms with Crippen molar-refractivity contribution in [3.63, 3.8) is 0 Å². The Morgan fingerprint density at radius 3 is 2.74 bits per heavy atom. The van der Waals surface area contributed by atoms with Crippen molar-refractivity contribution in [1.29, 1.82) is 0 Å². The fraction of sp³-hybridized carbons (Fsp3) is 0.143. The molecule has 2 heterocycles. The van der Waals surface area contributed by atoms with Crippen molar-refractivity contribution in [2.45, 2.75) is 6.92 Å². The summed E-state index contributed by atoms with van der Waals surface area (Å²) >= 11 is 3.30. The number of benzene rings is 2. The van der Waals surface area contributed by atoms with Crippen molar-refractivity contribution in [3.05, 3.63) is 69.7 Å². The zero-order valence-electron chi connectivity index (χ0n) is 15.1. The van der Waals surface area contributed by atoms with Gasteiger partial charge in [-0.2, -0.15) is 5.10 Å². The van der Waals surface area contributed by atoms with E-state index in [-0.39, 0.29) is 0 Å². The SMILES string of the molecule is CCN=c1scc(-c2cccs2)n1N=Cc1c(OC)ccc2ccccc12. The van der Waals surface area contributed by atoms with Crippen LogP contribution < -0.4 is 9.54 Å². The number of thiazole rings is 1. The Kier molecular flexibility index (Phi) is 5.18. The summed E-state index contributed by atoms with van der Waals surface area (Å²) in [5, 5.41) is 11.3. The largest absolute Gasteiger partial charge is 0.496 e. The minimum Gasteiger partial charge on any atom is -0.496 e. The Labute approximate surface area is 165 Å². The third kappa shape index (κ3) is 3.46. The van der Waals surface area contributed by atoms with Gasteiger partial charge in [-0.1, -0.05) is 36.4 Å². The van der Waals surface area contributed by atoms with Crippen LogP contribution in [0.1, 0.15) is 12.5 Å². The van der Waals surface area contributed by atoms with Crippen LogP contribution in [0.4, 0.5) is 0 Å². The fourth-order valence-corrected chi connectivity index (χ4v) is 4.65. The number of aromatic nitrogens is 1. The summed E-state index contributed by atoms with van der Waals surface area (Å²) < 4.78 is 7.50. The van der Waals surface area contributed by atoms with Crippen LogP contribution in [0.15, 0.2) is 69.4 Å². The zero-order valence-corrected chi connectivity index (χ0v) is 16.8. The second-order valence-corrected chi connectivity index (χ2v) is 7.60. The lowest BCUT2D eigenvalue weighted by molar-refractivity contribution is 0.415. The molecule has 0 aliphatic heterocycles. The molecular weight excluding hydrogens is 374 g/mol. The number of rotatable bonds is 5. The highest BCUT2D eigenvalue weighted by atomic mass is 32.1. The summed E-state index contributed by atoms with van der Waals surface area (Å²) in [5.74, 6) is 0.805. The molecule has 0 bridgehead atoms. The lowest BCUT2D eigenvalue weighted by Crippen LogP contribution is -2.12. The van der Waals surface area contributed by atoms with Gasteiger partial charge in [-0.3, -0.25) is 4.99 Å².